The SMILES string of the molecule is CCCC(CO)(NC)c1ccccc1. The highest BCUT2D eigenvalue weighted by Gasteiger charge is 2.27. The number of hydrogen-bond donors (Lipinski definition) is 2. The summed E-state index contributed by atoms with van der Waals surface area (Å²) >= 11 is 0. The van der Waals surface area contributed by atoms with Crippen molar-refractivity contribution in [2.24, 2.45) is 0 Å². The fourth-order valence-electron chi connectivity index (χ4n) is 1.85. The Kier molecular flexibility index (Phi) is 4.11. The van der Waals surface area contributed by atoms with Crippen LogP contribution in [0.1, 0.15) is 25.3 Å². The molecule has 0 aliphatic rings. The third-order valence-corrected chi connectivity index (χ3v) is 2.75. The number of hydrogen-bond acceptors (Lipinski definition) is 2. The van der Waals surface area contributed by atoms with E-state index in [2.05, 4.69) is 24.4 Å². The van der Waals surface area contributed by atoms with Crippen molar-refractivity contribution in [3.8, 4) is 0 Å². The van der Waals surface area contributed by atoms with Gasteiger partial charge in [0.25, 0.3) is 0 Å². The van der Waals surface area contributed by atoms with Crippen molar-refractivity contribution in [1.82, 2.24) is 5.32 Å². The van der Waals surface area contributed by atoms with Gasteiger partial charge in [0.2, 0.25) is 0 Å². The maximum absolute atomic E-state index is 9.50. The van der Waals surface area contributed by atoms with Crippen molar-refractivity contribution in [3.05, 3.63) is 35.9 Å². The van der Waals surface area contributed by atoms with Gasteiger partial charge in [-0.2, -0.15) is 0 Å². The number of likely N-dealkylation sites (N-methyl/N-ethyl adjacent to an activating group) is 1. The molecule has 0 amide bonds. The molecule has 1 unspecified atom stereocenters. The van der Waals surface area contributed by atoms with E-state index >= 15 is 0 Å². The summed E-state index contributed by atoms with van der Waals surface area (Å²) in [6.45, 7) is 2.27. The monoisotopic (exact) mass is 193 g/mol. The van der Waals surface area contributed by atoms with Crippen molar-refractivity contribution in [3.63, 3.8) is 0 Å². The second-order valence-electron chi connectivity index (χ2n) is 3.61. The second-order valence-corrected chi connectivity index (χ2v) is 3.61. The molecule has 2 N–H and O–H groups in total. The molecule has 1 aromatic rings. The van der Waals surface area contributed by atoms with Crippen LogP contribution in [0.5, 0.6) is 0 Å². The molecular weight excluding hydrogens is 174 g/mol. The third kappa shape index (κ3) is 2.14. The first-order chi connectivity index (χ1) is 6.79. The summed E-state index contributed by atoms with van der Waals surface area (Å²) in [6.07, 6.45) is 2.00. The van der Waals surface area contributed by atoms with Crippen LogP contribution in [0.3, 0.4) is 0 Å². The number of rotatable bonds is 5. The molecule has 1 rings (SSSR count). The van der Waals surface area contributed by atoms with Crippen molar-refractivity contribution < 1.29 is 5.11 Å². The Morgan fingerprint density at radius 2 is 1.93 bits per heavy atom. The van der Waals surface area contributed by atoms with E-state index in [0.717, 1.165) is 18.4 Å². The Hall–Kier alpha value is -0.860. The smallest absolute Gasteiger partial charge is 0.0666 e. The van der Waals surface area contributed by atoms with Crippen molar-refractivity contribution in [1.29, 1.82) is 0 Å². The predicted molar refractivity (Wildman–Crippen MR) is 59.2 cm³/mol. The fraction of sp³-hybridized carbons (Fsp3) is 0.500. The van der Waals surface area contributed by atoms with Crippen LogP contribution < -0.4 is 5.32 Å². The molecule has 0 saturated heterocycles. The standard InChI is InChI=1S/C12H19NO/c1-3-9-12(10-14,13-2)11-7-5-4-6-8-11/h4-8,13-14H,3,9-10H2,1-2H3. The van der Waals surface area contributed by atoms with Crippen LogP contribution in [0.15, 0.2) is 30.3 Å². The van der Waals surface area contributed by atoms with Gasteiger partial charge in [0.05, 0.1) is 12.1 Å². The lowest BCUT2D eigenvalue weighted by Crippen LogP contribution is -2.43. The fourth-order valence-corrected chi connectivity index (χ4v) is 1.85. The normalized spacial score (nSPS) is 15.1. The Morgan fingerprint density at radius 3 is 2.36 bits per heavy atom. The average molecular weight is 193 g/mol. The van der Waals surface area contributed by atoms with Gasteiger partial charge in [-0.1, -0.05) is 43.7 Å². The molecule has 0 spiro atoms. The number of aliphatic hydroxyl groups is 1. The van der Waals surface area contributed by atoms with Crippen LogP contribution in [-0.4, -0.2) is 18.8 Å². The highest BCUT2D eigenvalue weighted by atomic mass is 16.3. The van der Waals surface area contributed by atoms with Gasteiger partial charge in [0.15, 0.2) is 0 Å². The van der Waals surface area contributed by atoms with Gasteiger partial charge < -0.3 is 10.4 Å². The van der Waals surface area contributed by atoms with E-state index < -0.39 is 0 Å². The maximum Gasteiger partial charge on any atom is 0.0666 e. The lowest BCUT2D eigenvalue weighted by molar-refractivity contribution is 0.158. The quantitative estimate of drug-likeness (QED) is 0.748. The highest BCUT2D eigenvalue weighted by Crippen LogP contribution is 2.25. The molecule has 0 aromatic heterocycles. The molecule has 14 heavy (non-hydrogen) atoms. The molecule has 1 aromatic carbocycles. The molecule has 0 radical (unpaired) electrons. The zero-order valence-corrected chi connectivity index (χ0v) is 8.96. The van der Waals surface area contributed by atoms with E-state index in [4.69, 9.17) is 0 Å². The van der Waals surface area contributed by atoms with Crippen LogP contribution in [0.2, 0.25) is 0 Å². The minimum absolute atomic E-state index is 0.140. The minimum atomic E-state index is -0.268. The average Bonchev–Trinajstić information content (AvgIpc) is 2.27. The van der Waals surface area contributed by atoms with Gasteiger partial charge in [-0.05, 0) is 19.0 Å². The van der Waals surface area contributed by atoms with Gasteiger partial charge in [-0.15, -0.1) is 0 Å². The summed E-state index contributed by atoms with van der Waals surface area (Å²) in [4.78, 5) is 0. The summed E-state index contributed by atoms with van der Waals surface area (Å²) in [5.41, 5.74) is 0.891. The molecule has 0 aliphatic carbocycles. The van der Waals surface area contributed by atoms with Crippen LogP contribution in [0, 0.1) is 0 Å². The number of nitrogens with one attached hydrogen (secondary N) is 1. The molecule has 2 heteroatoms. The molecule has 0 saturated carbocycles. The van der Waals surface area contributed by atoms with E-state index in [1.807, 2.05) is 25.2 Å². The maximum atomic E-state index is 9.50. The second kappa shape index (κ2) is 5.13. The van der Waals surface area contributed by atoms with Crippen molar-refractivity contribution in [2.75, 3.05) is 13.7 Å². The molecular formula is C12H19NO. The zero-order chi connectivity index (χ0) is 10.4. The zero-order valence-electron chi connectivity index (χ0n) is 8.96. The predicted octanol–water partition coefficient (Wildman–Crippen LogP) is 1.89. The first-order valence-electron chi connectivity index (χ1n) is 5.14. The Bertz CT molecular complexity index is 254. The molecule has 2 nitrogen and oxygen atoms in total. The van der Waals surface area contributed by atoms with Crippen LogP contribution in [-0.2, 0) is 5.54 Å². The molecule has 0 heterocycles. The largest absolute Gasteiger partial charge is 0.394 e. The van der Waals surface area contributed by atoms with Crippen molar-refractivity contribution >= 4 is 0 Å². The van der Waals surface area contributed by atoms with Gasteiger partial charge in [-0.3, -0.25) is 0 Å². The lowest BCUT2D eigenvalue weighted by atomic mass is 9.86. The van der Waals surface area contributed by atoms with Gasteiger partial charge >= 0.3 is 0 Å². The Labute approximate surface area is 86.0 Å². The van der Waals surface area contributed by atoms with Gasteiger partial charge in [0, 0.05) is 0 Å². The number of aliphatic hydroxyl groups excluding tert-OH is 1. The van der Waals surface area contributed by atoms with E-state index in [0.29, 0.717) is 0 Å². The summed E-state index contributed by atoms with van der Waals surface area (Å²) in [5.74, 6) is 0. The van der Waals surface area contributed by atoms with E-state index in [-0.39, 0.29) is 12.1 Å². The highest BCUT2D eigenvalue weighted by molar-refractivity contribution is 5.24. The summed E-state index contributed by atoms with van der Waals surface area (Å²) in [5, 5.41) is 12.7. The first kappa shape index (κ1) is 11.2. The Balaban J connectivity index is 2.98. The van der Waals surface area contributed by atoms with E-state index in [9.17, 15) is 5.11 Å². The number of benzene rings is 1. The topological polar surface area (TPSA) is 32.3 Å². The van der Waals surface area contributed by atoms with Gasteiger partial charge in [0.1, 0.15) is 0 Å². The summed E-state index contributed by atoms with van der Waals surface area (Å²) in [6, 6.07) is 10.1. The van der Waals surface area contributed by atoms with Crippen LogP contribution in [0.4, 0.5) is 0 Å². The lowest BCUT2D eigenvalue weighted by Gasteiger charge is -2.32. The third-order valence-electron chi connectivity index (χ3n) is 2.75. The molecule has 78 valence electrons. The molecule has 1 atom stereocenters. The molecule has 0 aliphatic heterocycles. The van der Waals surface area contributed by atoms with Crippen molar-refractivity contribution in [2.45, 2.75) is 25.3 Å². The molecule has 0 fully saturated rings. The molecule has 0 bridgehead atoms. The van der Waals surface area contributed by atoms with E-state index in [1.54, 1.807) is 0 Å². The van der Waals surface area contributed by atoms with Crippen LogP contribution in [0.25, 0.3) is 0 Å². The van der Waals surface area contributed by atoms with Crippen LogP contribution >= 0.6 is 0 Å². The summed E-state index contributed by atoms with van der Waals surface area (Å²) < 4.78 is 0. The minimum Gasteiger partial charge on any atom is -0.394 e. The Morgan fingerprint density at radius 1 is 1.29 bits per heavy atom. The summed E-state index contributed by atoms with van der Waals surface area (Å²) in [7, 11) is 1.90. The van der Waals surface area contributed by atoms with Gasteiger partial charge in [-0.25, -0.2) is 0 Å². The van der Waals surface area contributed by atoms with E-state index in [1.165, 1.54) is 0 Å². The first-order valence-corrected chi connectivity index (χ1v) is 5.14.